The van der Waals surface area contributed by atoms with Crippen molar-refractivity contribution in [2.75, 3.05) is 34.6 Å². The molecule has 0 saturated heterocycles. The van der Waals surface area contributed by atoms with Crippen LogP contribution in [-0.2, 0) is 0 Å². The van der Waals surface area contributed by atoms with Crippen molar-refractivity contribution in [3.63, 3.8) is 0 Å². The summed E-state index contributed by atoms with van der Waals surface area (Å²) in [4.78, 5) is 13.0. The molecule has 0 amide bonds. The largest absolute Gasteiger partial charge is 0.399 e. The highest BCUT2D eigenvalue weighted by Crippen LogP contribution is 2.26. The third-order valence-corrected chi connectivity index (χ3v) is 6.90. The van der Waals surface area contributed by atoms with E-state index < -0.39 is 0 Å². The number of unbranched alkanes of at least 4 members (excludes halogenated alkanes) is 3. The van der Waals surface area contributed by atoms with Gasteiger partial charge in [0.2, 0.25) is 0 Å². The summed E-state index contributed by atoms with van der Waals surface area (Å²) in [6.45, 7) is 0. The molecule has 0 radical (unpaired) electrons. The summed E-state index contributed by atoms with van der Waals surface area (Å²) < 4.78 is 26.1. The first-order valence-corrected chi connectivity index (χ1v) is 15.2. The number of nitrogens with zero attached hydrogens (tertiary/aromatic N) is 1. The highest BCUT2D eigenvalue weighted by Gasteiger charge is 2.13. The molecule has 0 atom stereocenters. The monoisotopic (exact) mass is 669 g/mol. The van der Waals surface area contributed by atoms with Gasteiger partial charge in [-0.1, -0.05) is 46.7 Å². The van der Waals surface area contributed by atoms with Crippen LogP contribution in [0.4, 0.5) is 20.2 Å². The quantitative estimate of drug-likeness (QED) is 0.0860. The van der Waals surface area contributed by atoms with Crippen molar-refractivity contribution in [3.8, 4) is 6.07 Å². The molecule has 0 aliphatic rings. The van der Waals surface area contributed by atoms with E-state index in [1.807, 2.05) is 6.26 Å². The van der Waals surface area contributed by atoms with Crippen molar-refractivity contribution in [2.45, 2.75) is 63.2 Å². The van der Waals surface area contributed by atoms with Gasteiger partial charge in [-0.25, -0.2) is 8.78 Å². The third kappa shape index (κ3) is 16.5. The minimum absolute atomic E-state index is 0. The van der Waals surface area contributed by atoms with Crippen molar-refractivity contribution in [1.82, 2.24) is 0 Å². The zero-order valence-corrected chi connectivity index (χ0v) is 24.2. The maximum absolute atomic E-state index is 13.4. The molecule has 0 aliphatic carbocycles. The summed E-state index contributed by atoms with van der Waals surface area (Å²) >= 11 is 9.23. The second kappa shape index (κ2) is 24.1. The van der Waals surface area contributed by atoms with Gasteiger partial charge in [0.05, 0.1) is 6.07 Å². The number of ketones is 1. The first-order valence-electron chi connectivity index (χ1n) is 10.5. The Hall–Kier alpha value is -1.28. The lowest BCUT2D eigenvalue weighted by Gasteiger charge is -2.07. The van der Waals surface area contributed by atoms with E-state index in [4.69, 9.17) is 16.7 Å². The van der Waals surface area contributed by atoms with Crippen LogP contribution in [0.1, 0.15) is 63.7 Å². The van der Waals surface area contributed by atoms with Crippen LogP contribution in [0, 0.1) is 23.0 Å². The van der Waals surface area contributed by atoms with Crippen molar-refractivity contribution < 1.29 is 13.6 Å². The van der Waals surface area contributed by atoms with Gasteiger partial charge in [-0.2, -0.15) is 5.26 Å². The van der Waals surface area contributed by atoms with Crippen molar-refractivity contribution in [3.05, 3.63) is 47.5 Å². The highest BCUT2D eigenvalue weighted by atomic mass is 79.9. The summed E-state index contributed by atoms with van der Waals surface area (Å²) in [5.74, 6) is -0.627. The van der Waals surface area contributed by atoms with E-state index in [2.05, 4.69) is 37.9 Å². The van der Waals surface area contributed by atoms with Gasteiger partial charge in [0.1, 0.15) is 11.6 Å². The molecule has 2 rings (SSSR count). The van der Waals surface area contributed by atoms with Gasteiger partial charge >= 0.3 is 0 Å². The molecule has 4 N–H and O–H groups in total. The molecule has 0 fully saturated rings. The average Bonchev–Trinajstić information content (AvgIpc) is 2.80. The Morgan fingerprint density at radius 2 is 1.47 bits per heavy atom. The molecule has 4 nitrogen and oxygen atoms in total. The molecular formula is C26H39Br2F2N3OS2. The summed E-state index contributed by atoms with van der Waals surface area (Å²) in [7, 11) is 0. The van der Waals surface area contributed by atoms with E-state index in [0.29, 0.717) is 33.9 Å². The number of nitrogens with two attached hydrogens (primary N) is 2. The number of alkyl halides is 2. The van der Waals surface area contributed by atoms with Crippen molar-refractivity contribution in [1.29, 1.82) is 5.26 Å². The predicted octanol–water partition coefficient (Wildman–Crippen LogP) is 9.35. The average molecular weight is 672 g/mol. The van der Waals surface area contributed by atoms with Crippen LogP contribution in [0.2, 0.25) is 0 Å². The molecule has 10 heteroatoms. The Bertz CT molecular complexity index is 929. The molecule has 0 unspecified atom stereocenters. The number of benzene rings is 2. The molecule has 2 aromatic carbocycles. The number of carbonyl (C=O) groups is 1. The van der Waals surface area contributed by atoms with Crippen LogP contribution in [0.25, 0.3) is 0 Å². The van der Waals surface area contributed by atoms with Crippen LogP contribution >= 0.6 is 55.4 Å². The van der Waals surface area contributed by atoms with Crippen LogP contribution < -0.4 is 11.5 Å². The van der Waals surface area contributed by atoms with E-state index in [-0.39, 0.29) is 38.0 Å². The number of nitrogen functional groups attached to an aromatic ring is 2. The summed E-state index contributed by atoms with van der Waals surface area (Å²) in [6, 6.07) is 9.55. The van der Waals surface area contributed by atoms with Crippen LogP contribution in [0.15, 0.2) is 40.1 Å². The predicted molar refractivity (Wildman–Crippen MR) is 164 cm³/mol. The number of hydrogen-bond donors (Lipinski definition) is 2. The van der Waals surface area contributed by atoms with Gasteiger partial charge in [-0.3, -0.25) is 4.79 Å². The Morgan fingerprint density at radius 3 is 1.97 bits per heavy atom. The zero-order chi connectivity index (χ0) is 25.9. The lowest BCUT2D eigenvalue weighted by molar-refractivity contribution is 0.0980. The highest BCUT2D eigenvalue weighted by molar-refractivity contribution is 9.09. The fraction of sp³-hybridized carbons (Fsp3) is 0.462. The Labute approximate surface area is 241 Å². The lowest BCUT2D eigenvalue weighted by atomic mass is 10.0. The molecule has 0 aliphatic heterocycles. The number of thioether (sulfide) groups is 2. The van der Waals surface area contributed by atoms with E-state index in [9.17, 15) is 13.6 Å². The van der Waals surface area contributed by atoms with E-state index in [1.54, 1.807) is 24.5 Å². The van der Waals surface area contributed by atoms with Crippen LogP contribution in [0.5, 0.6) is 0 Å². The smallest absolute Gasteiger partial charge is 0.164 e. The molecule has 36 heavy (non-hydrogen) atoms. The second-order valence-corrected chi connectivity index (χ2v) is 10.1. The Kier molecular flexibility index (Phi) is 26.2. The molecular weight excluding hydrogens is 632 g/mol. The maximum atomic E-state index is 13.4. The Morgan fingerprint density at radius 1 is 0.917 bits per heavy atom. The van der Waals surface area contributed by atoms with Crippen molar-refractivity contribution in [2.24, 2.45) is 0 Å². The molecule has 0 aromatic heterocycles. The number of carbonyl (C=O) groups excluding carboxylic acids is 1. The second-order valence-electron chi connectivity index (χ2n) is 6.84. The van der Waals surface area contributed by atoms with Crippen LogP contribution in [0.3, 0.4) is 0 Å². The number of rotatable bonds is 10. The fourth-order valence-electron chi connectivity index (χ4n) is 2.46. The van der Waals surface area contributed by atoms with Gasteiger partial charge in [0, 0.05) is 50.2 Å². The molecule has 0 heterocycles. The minimum atomic E-state index is -0.369. The summed E-state index contributed by atoms with van der Waals surface area (Å²) in [5, 5.41) is 9.93. The maximum Gasteiger partial charge on any atom is 0.164 e. The molecule has 0 bridgehead atoms. The SMILES string of the molecule is C.C.CSc1cc(C(=O)CCCCBr)c(N)cc1F.CSc1ccc(N)cc1F.N#CCCCCBr. The molecule has 2 aromatic rings. The topological polar surface area (TPSA) is 92.9 Å². The summed E-state index contributed by atoms with van der Waals surface area (Å²) in [5.41, 5.74) is 12.1. The Balaban J connectivity index is -0.000000490. The van der Waals surface area contributed by atoms with Crippen LogP contribution in [-0.4, -0.2) is 29.0 Å². The summed E-state index contributed by atoms with van der Waals surface area (Å²) in [6.07, 6.45) is 8.66. The van der Waals surface area contributed by atoms with Gasteiger partial charge in [-0.15, -0.1) is 23.5 Å². The molecule has 0 spiro atoms. The molecule has 204 valence electrons. The van der Waals surface area contributed by atoms with Gasteiger partial charge in [0.25, 0.3) is 0 Å². The van der Waals surface area contributed by atoms with Gasteiger partial charge in [0.15, 0.2) is 5.78 Å². The van der Waals surface area contributed by atoms with E-state index in [0.717, 1.165) is 36.3 Å². The number of halogens is 4. The van der Waals surface area contributed by atoms with Gasteiger partial charge in [-0.05, 0) is 68.5 Å². The first-order chi connectivity index (χ1) is 16.2. The number of hydrogen-bond acceptors (Lipinski definition) is 6. The number of Topliss-reactive ketones (excluding diaryl/α,β-unsaturated/α-hetero) is 1. The van der Waals surface area contributed by atoms with E-state index >= 15 is 0 Å². The third-order valence-electron chi connectivity index (χ3n) is 4.26. The lowest BCUT2D eigenvalue weighted by Crippen LogP contribution is -2.05. The van der Waals surface area contributed by atoms with E-state index in [1.165, 1.54) is 35.7 Å². The standard InChI is InChI=1S/C12H15BrFNOS.C7H8FNS.C5H8BrN.2CH4/c1-17-12-6-8(10(15)7-9(12)14)11(16)4-2-3-5-13;1-10-7-3-2-5(9)4-6(7)8;6-4-2-1-3-5-7;;/h6-7H,2-5,15H2,1H3;2-4H,9H2,1H3;1-4H2;2*1H4. The van der Waals surface area contributed by atoms with Crippen molar-refractivity contribution >= 4 is 72.5 Å². The zero-order valence-electron chi connectivity index (χ0n) is 19.4. The molecule has 0 saturated carbocycles. The van der Waals surface area contributed by atoms with Gasteiger partial charge < -0.3 is 11.5 Å². The number of nitriles is 1. The fourth-order valence-corrected chi connectivity index (χ4v) is 4.20. The first kappa shape index (κ1) is 39.2. The number of anilines is 2. The normalized spacial score (nSPS) is 9.25. The minimum Gasteiger partial charge on any atom is -0.399 e.